The highest BCUT2D eigenvalue weighted by Gasteiger charge is 2.37. The van der Waals surface area contributed by atoms with E-state index >= 15 is 0 Å². The number of carbonyl (C=O) groups excluding carboxylic acids is 1. The monoisotopic (exact) mass is 428 g/mol. The number of carbonyl (C=O) groups is 1. The molecule has 0 radical (unpaired) electrons. The van der Waals surface area contributed by atoms with Gasteiger partial charge in [0.05, 0.1) is 18.3 Å². The fourth-order valence-electron chi connectivity index (χ4n) is 3.37. The Morgan fingerprint density at radius 2 is 2.10 bits per heavy atom. The van der Waals surface area contributed by atoms with E-state index in [2.05, 4.69) is 20.4 Å². The quantitative estimate of drug-likeness (QED) is 0.643. The number of nitrogens with zero attached hydrogens (tertiary/aromatic N) is 6. The number of aromatic nitrogens is 5. The lowest BCUT2D eigenvalue weighted by Gasteiger charge is -2.15. The van der Waals surface area contributed by atoms with E-state index < -0.39 is 30.8 Å². The predicted molar refractivity (Wildman–Crippen MR) is 104 cm³/mol. The summed E-state index contributed by atoms with van der Waals surface area (Å²) in [5, 5.41) is 21.9. The van der Waals surface area contributed by atoms with Crippen molar-refractivity contribution in [2.75, 3.05) is 18.1 Å². The lowest BCUT2D eigenvalue weighted by Crippen LogP contribution is -2.32. The molecule has 2 fully saturated rings. The van der Waals surface area contributed by atoms with Gasteiger partial charge in [0.25, 0.3) is 0 Å². The second kappa shape index (κ2) is 7.65. The summed E-state index contributed by atoms with van der Waals surface area (Å²) in [5.41, 5.74) is 1.62. The minimum Gasteiger partial charge on any atom is -0.441 e. The molecule has 1 aliphatic carbocycles. The molecule has 2 aliphatic rings. The number of hydrogen-bond acceptors (Lipinski definition) is 7. The number of anilines is 1. The minimum atomic E-state index is -1.41. The van der Waals surface area contributed by atoms with Gasteiger partial charge in [0, 0.05) is 17.3 Å². The van der Waals surface area contributed by atoms with Gasteiger partial charge in [-0.3, -0.25) is 9.88 Å². The summed E-state index contributed by atoms with van der Waals surface area (Å²) in [7, 11) is 0. The number of ether oxygens (including phenoxy) is 1. The average molecular weight is 428 g/mol. The topological polar surface area (TPSA) is 106 Å². The number of pyridine rings is 1. The summed E-state index contributed by atoms with van der Waals surface area (Å²) in [6.45, 7) is -1.10. The third-order valence-electron chi connectivity index (χ3n) is 5.29. The van der Waals surface area contributed by atoms with Crippen LogP contribution < -0.4 is 4.90 Å². The Kier molecular flexibility index (Phi) is 4.81. The Bertz CT molecular complexity index is 1120. The number of benzene rings is 1. The predicted octanol–water partition coefficient (Wildman–Crippen LogP) is 2.53. The highest BCUT2D eigenvalue weighted by molar-refractivity contribution is 5.90. The van der Waals surface area contributed by atoms with Gasteiger partial charge in [-0.2, -0.15) is 4.80 Å². The summed E-state index contributed by atoms with van der Waals surface area (Å²) in [6, 6.07) is 7.98. The highest BCUT2D eigenvalue weighted by atomic mass is 19.1. The van der Waals surface area contributed by atoms with Crippen LogP contribution in [-0.2, 0) is 4.74 Å². The van der Waals surface area contributed by atoms with Gasteiger partial charge in [-0.15, -0.1) is 10.2 Å². The summed E-state index contributed by atoms with van der Waals surface area (Å²) in [6.07, 6.45) is 0.435. The molecule has 1 saturated carbocycles. The van der Waals surface area contributed by atoms with E-state index in [-0.39, 0.29) is 12.2 Å². The fourth-order valence-corrected chi connectivity index (χ4v) is 3.37. The number of cyclic esters (lactones) is 1. The van der Waals surface area contributed by atoms with E-state index in [9.17, 15) is 18.7 Å². The molecule has 31 heavy (non-hydrogen) atoms. The number of rotatable bonds is 6. The molecule has 1 aromatic carbocycles. The van der Waals surface area contributed by atoms with E-state index in [1.165, 1.54) is 18.3 Å². The lowest BCUT2D eigenvalue weighted by atomic mass is 10.1. The standard InChI is InChI=1S/C20H18F2N6O3/c21-8-17(29)18-10-27(20(30)31-18)13-4-5-14(15(22)7-13)11-1-6-16(23-9-11)19-24-26-28(25-19)12-2-3-12/h1,4-7,9,12,17-18,29H,2-3,8,10H2/t17?,18-/m1/s1. The highest BCUT2D eigenvalue weighted by Crippen LogP contribution is 2.33. The van der Waals surface area contributed by atoms with Crippen molar-refractivity contribution in [1.29, 1.82) is 0 Å². The van der Waals surface area contributed by atoms with E-state index in [1.807, 2.05) is 0 Å². The number of amides is 1. The maximum absolute atomic E-state index is 14.8. The molecular formula is C20H18F2N6O3. The molecule has 3 heterocycles. The lowest BCUT2D eigenvalue weighted by molar-refractivity contribution is 0.0188. The van der Waals surface area contributed by atoms with Crippen molar-refractivity contribution in [3.8, 4) is 22.6 Å². The molecule has 0 spiro atoms. The zero-order valence-electron chi connectivity index (χ0n) is 16.2. The summed E-state index contributed by atoms with van der Waals surface area (Å²) in [4.78, 5) is 19.1. The van der Waals surface area contributed by atoms with Crippen LogP contribution in [0.15, 0.2) is 36.5 Å². The van der Waals surface area contributed by atoms with Crippen molar-refractivity contribution in [1.82, 2.24) is 25.2 Å². The average Bonchev–Trinajstić information content (AvgIpc) is 3.38. The van der Waals surface area contributed by atoms with Crippen molar-refractivity contribution < 1.29 is 23.4 Å². The van der Waals surface area contributed by atoms with Gasteiger partial charge in [-0.1, -0.05) is 6.07 Å². The first-order chi connectivity index (χ1) is 15.0. The van der Waals surface area contributed by atoms with E-state index in [0.29, 0.717) is 28.7 Å². The summed E-state index contributed by atoms with van der Waals surface area (Å²) < 4.78 is 32.4. The molecule has 1 aliphatic heterocycles. The van der Waals surface area contributed by atoms with Gasteiger partial charge >= 0.3 is 6.09 Å². The van der Waals surface area contributed by atoms with Crippen LogP contribution in [0.4, 0.5) is 19.3 Å². The van der Waals surface area contributed by atoms with Crippen molar-refractivity contribution >= 4 is 11.8 Å². The van der Waals surface area contributed by atoms with Crippen LogP contribution in [-0.4, -0.2) is 61.8 Å². The molecule has 1 unspecified atom stereocenters. The molecule has 11 heteroatoms. The van der Waals surface area contributed by atoms with Crippen molar-refractivity contribution in [2.24, 2.45) is 0 Å². The van der Waals surface area contributed by atoms with Gasteiger partial charge in [0.2, 0.25) is 5.82 Å². The second-order valence-corrected chi connectivity index (χ2v) is 7.52. The number of halogens is 2. The first-order valence-electron chi connectivity index (χ1n) is 9.81. The number of tetrazole rings is 1. The fraction of sp³-hybridized carbons (Fsp3) is 0.350. The third-order valence-corrected chi connectivity index (χ3v) is 5.29. The number of aliphatic hydroxyl groups excluding tert-OH is 1. The van der Waals surface area contributed by atoms with Gasteiger partial charge in [-0.05, 0) is 42.3 Å². The van der Waals surface area contributed by atoms with E-state index in [4.69, 9.17) is 4.74 Å². The first kappa shape index (κ1) is 19.5. The Hall–Kier alpha value is -3.47. The molecule has 1 saturated heterocycles. The molecule has 3 aromatic rings. The summed E-state index contributed by atoms with van der Waals surface area (Å²) >= 11 is 0. The first-order valence-corrected chi connectivity index (χ1v) is 9.81. The largest absolute Gasteiger partial charge is 0.441 e. The second-order valence-electron chi connectivity index (χ2n) is 7.52. The molecule has 9 nitrogen and oxygen atoms in total. The van der Waals surface area contributed by atoms with Crippen LogP contribution in [0.25, 0.3) is 22.6 Å². The zero-order valence-corrected chi connectivity index (χ0v) is 16.2. The molecule has 2 atom stereocenters. The van der Waals surface area contributed by atoms with Crippen LogP contribution in [0.1, 0.15) is 18.9 Å². The van der Waals surface area contributed by atoms with Crippen LogP contribution >= 0.6 is 0 Å². The third kappa shape index (κ3) is 3.72. The maximum atomic E-state index is 14.8. The van der Waals surface area contributed by atoms with Crippen LogP contribution in [0.2, 0.25) is 0 Å². The van der Waals surface area contributed by atoms with Crippen LogP contribution in [0.3, 0.4) is 0 Å². The van der Waals surface area contributed by atoms with Gasteiger partial charge < -0.3 is 9.84 Å². The molecule has 160 valence electrons. The number of alkyl halides is 1. The SMILES string of the molecule is O=C1O[C@@H](C(O)CF)CN1c1ccc(-c2ccc(-c3nnn(C4CC4)n3)nc2)c(F)c1. The maximum Gasteiger partial charge on any atom is 0.414 e. The molecule has 2 aromatic heterocycles. The van der Waals surface area contributed by atoms with Gasteiger partial charge in [-0.25, -0.2) is 13.6 Å². The van der Waals surface area contributed by atoms with Crippen LogP contribution in [0.5, 0.6) is 0 Å². The van der Waals surface area contributed by atoms with E-state index in [1.54, 1.807) is 23.0 Å². The molecule has 1 N–H and O–H groups in total. The van der Waals surface area contributed by atoms with Crippen molar-refractivity contribution in [3.05, 3.63) is 42.3 Å². The van der Waals surface area contributed by atoms with E-state index in [0.717, 1.165) is 17.7 Å². The molecule has 1 amide bonds. The Labute approximate surface area is 175 Å². The zero-order chi connectivity index (χ0) is 21.5. The molecule has 5 rings (SSSR count). The van der Waals surface area contributed by atoms with Gasteiger partial charge in [0.15, 0.2) is 6.10 Å². The van der Waals surface area contributed by atoms with Crippen molar-refractivity contribution in [2.45, 2.75) is 31.1 Å². The normalized spacial score (nSPS) is 19.5. The number of aliphatic hydroxyl groups is 1. The Balaban J connectivity index is 1.34. The van der Waals surface area contributed by atoms with Crippen LogP contribution in [0, 0.1) is 5.82 Å². The Morgan fingerprint density at radius 1 is 1.26 bits per heavy atom. The number of hydrogen-bond donors (Lipinski definition) is 1. The Morgan fingerprint density at radius 3 is 2.77 bits per heavy atom. The molecule has 0 bridgehead atoms. The van der Waals surface area contributed by atoms with Gasteiger partial charge in [0.1, 0.15) is 24.3 Å². The summed E-state index contributed by atoms with van der Waals surface area (Å²) in [5.74, 6) is -0.154. The smallest absolute Gasteiger partial charge is 0.414 e. The van der Waals surface area contributed by atoms with Crippen molar-refractivity contribution in [3.63, 3.8) is 0 Å². The molecular weight excluding hydrogens is 410 g/mol. The minimum absolute atomic E-state index is 0.0620.